The highest BCUT2D eigenvalue weighted by Gasteiger charge is 2.32. The standard InChI is InChI=1S/C26H37NO5/c1-19(27-16-21-11-14-23(28-4)15-25(21)29-5)7-6-8-20-9-12-22(13-10-20)30-17-24-18-31-26(2,3)32-24/h9-15,19,24,27H,6-8,16-18H2,1-5H3/t19?,24-/m0/s1. The summed E-state index contributed by atoms with van der Waals surface area (Å²) in [4.78, 5) is 0. The average molecular weight is 444 g/mol. The summed E-state index contributed by atoms with van der Waals surface area (Å²) in [6.45, 7) is 7.92. The molecule has 0 saturated carbocycles. The fourth-order valence-electron chi connectivity index (χ4n) is 3.78. The van der Waals surface area contributed by atoms with Crippen molar-refractivity contribution in [1.29, 1.82) is 0 Å². The third kappa shape index (κ3) is 7.40. The van der Waals surface area contributed by atoms with Crippen molar-refractivity contribution in [3.8, 4) is 17.2 Å². The van der Waals surface area contributed by atoms with Crippen LogP contribution < -0.4 is 19.5 Å². The van der Waals surface area contributed by atoms with Crippen LogP contribution in [0.5, 0.6) is 17.2 Å². The molecule has 0 spiro atoms. The molecule has 1 saturated heterocycles. The third-order valence-electron chi connectivity index (χ3n) is 5.66. The van der Waals surface area contributed by atoms with Crippen molar-refractivity contribution in [2.24, 2.45) is 0 Å². The number of hydrogen-bond acceptors (Lipinski definition) is 6. The summed E-state index contributed by atoms with van der Waals surface area (Å²) in [7, 11) is 3.35. The number of benzene rings is 2. The molecule has 6 heteroatoms. The fraction of sp³-hybridized carbons (Fsp3) is 0.538. The monoisotopic (exact) mass is 443 g/mol. The minimum absolute atomic E-state index is 0.0171. The van der Waals surface area contributed by atoms with E-state index in [1.165, 1.54) is 5.56 Å². The highest BCUT2D eigenvalue weighted by Crippen LogP contribution is 2.25. The Hall–Kier alpha value is -2.28. The molecule has 32 heavy (non-hydrogen) atoms. The summed E-state index contributed by atoms with van der Waals surface area (Å²) >= 11 is 0. The van der Waals surface area contributed by atoms with Crippen LogP contribution in [0.3, 0.4) is 0 Å². The van der Waals surface area contributed by atoms with E-state index in [1.54, 1.807) is 14.2 Å². The van der Waals surface area contributed by atoms with E-state index < -0.39 is 5.79 Å². The quantitative estimate of drug-likeness (QED) is 0.512. The van der Waals surface area contributed by atoms with E-state index in [-0.39, 0.29) is 6.10 Å². The van der Waals surface area contributed by atoms with Gasteiger partial charge in [0, 0.05) is 24.2 Å². The van der Waals surface area contributed by atoms with E-state index in [4.69, 9.17) is 23.7 Å². The van der Waals surface area contributed by atoms with Gasteiger partial charge in [-0.2, -0.15) is 0 Å². The zero-order chi connectivity index (χ0) is 23.0. The second kappa shape index (κ2) is 11.5. The predicted octanol–water partition coefficient (Wildman–Crippen LogP) is 4.74. The second-order valence-corrected chi connectivity index (χ2v) is 8.76. The van der Waals surface area contributed by atoms with Gasteiger partial charge in [0.2, 0.25) is 0 Å². The van der Waals surface area contributed by atoms with Gasteiger partial charge in [-0.1, -0.05) is 18.2 Å². The van der Waals surface area contributed by atoms with Crippen molar-refractivity contribution < 1.29 is 23.7 Å². The van der Waals surface area contributed by atoms with Gasteiger partial charge in [0.25, 0.3) is 0 Å². The molecule has 0 bridgehead atoms. The third-order valence-corrected chi connectivity index (χ3v) is 5.66. The first-order valence-corrected chi connectivity index (χ1v) is 11.4. The molecule has 1 N–H and O–H groups in total. The van der Waals surface area contributed by atoms with Crippen molar-refractivity contribution in [3.05, 3.63) is 53.6 Å². The van der Waals surface area contributed by atoms with E-state index in [0.29, 0.717) is 19.3 Å². The summed E-state index contributed by atoms with van der Waals surface area (Å²) in [6, 6.07) is 14.7. The lowest BCUT2D eigenvalue weighted by Crippen LogP contribution is -2.25. The lowest BCUT2D eigenvalue weighted by atomic mass is 10.0. The lowest BCUT2D eigenvalue weighted by Gasteiger charge is -2.17. The molecule has 0 radical (unpaired) electrons. The van der Waals surface area contributed by atoms with Crippen molar-refractivity contribution in [3.63, 3.8) is 0 Å². The molecule has 176 valence electrons. The molecule has 0 aromatic heterocycles. The highest BCUT2D eigenvalue weighted by molar-refractivity contribution is 5.40. The molecule has 0 amide bonds. The Labute approximate surface area is 192 Å². The molecule has 1 unspecified atom stereocenters. The molecular weight excluding hydrogens is 406 g/mol. The number of nitrogens with one attached hydrogen (secondary N) is 1. The predicted molar refractivity (Wildman–Crippen MR) is 126 cm³/mol. The lowest BCUT2D eigenvalue weighted by molar-refractivity contribution is -0.141. The molecule has 3 rings (SSSR count). The van der Waals surface area contributed by atoms with Crippen LogP contribution in [-0.2, 0) is 22.4 Å². The van der Waals surface area contributed by atoms with Crippen LogP contribution in [0.1, 0.15) is 44.7 Å². The topological polar surface area (TPSA) is 58.2 Å². The van der Waals surface area contributed by atoms with Gasteiger partial charge >= 0.3 is 0 Å². The van der Waals surface area contributed by atoms with Crippen LogP contribution in [0.25, 0.3) is 0 Å². The van der Waals surface area contributed by atoms with Gasteiger partial charge in [-0.15, -0.1) is 0 Å². The van der Waals surface area contributed by atoms with Gasteiger partial charge in [0.05, 0.1) is 20.8 Å². The molecule has 1 heterocycles. The van der Waals surface area contributed by atoms with Crippen LogP contribution >= 0.6 is 0 Å². The van der Waals surface area contributed by atoms with Gasteiger partial charge in [-0.25, -0.2) is 0 Å². The molecule has 1 aliphatic rings. The van der Waals surface area contributed by atoms with Crippen LogP contribution in [0.15, 0.2) is 42.5 Å². The summed E-state index contributed by atoms with van der Waals surface area (Å²) in [5.41, 5.74) is 2.46. The summed E-state index contributed by atoms with van der Waals surface area (Å²) in [5, 5.41) is 3.59. The summed E-state index contributed by atoms with van der Waals surface area (Å²) < 4.78 is 27.9. The van der Waals surface area contributed by atoms with Crippen molar-refractivity contribution >= 4 is 0 Å². The molecule has 0 aliphatic carbocycles. The Morgan fingerprint density at radius 1 is 1.06 bits per heavy atom. The Morgan fingerprint density at radius 2 is 1.81 bits per heavy atom. The highest BCUT2D eigenvalue weighted by atomic mass is 16.7. The molecule has 2 atom stereocenters. The molecule has 2 aromatic carbocycles. The van der Waals surface area contributed by atoms with Crippen LogP contribution in [0.4, 0.5) is 0 Å². The SMILES string of the molecule is COc1ccc(CNC(C)CCCc2ccc(OC[C@H]3COC(C)(C)O3)cc2)c(OC)c1. The minimum Gasteiger partial charge on any atom is -0.497 e. The molecule has 1 fully saturated rings. The number of methoxy groups -OCH3 is 2. The first-order valence-electron chi connectivity index (χ1n) is 11.4. The molecule has 2 aromatic rings. The summed E-state index contributed by atoms with van der Waals surface area (Å²) in [5.74, 6) is 2.01. The van der Waals surface area contributed by atoms with Gasteiger partial charge < -0.3 is 29.0 Å². The maximum atomic E-state index is 5.86. The number of hydrogen-bond donors (Lipinski definition) is 1. The normalized spacial score (nSPS) is 18.3. The molecule has 1 aliphatic heterocycles. The van der Waals surface area contributed by atoms with Gasteiger partial charge in [-0.3, -0.25) is 0 Å². The number of aryl methyl sites for hydroxylation is 1. The van der Waals surface area contributed by atoms with Gasteiger partial charge in [0.1, 0.15) is 30.0 Å². The Kier molecular flexibility index (Phi) is 8.79. The van der Waals surface area contributed by atoms with Crippen LogP contribution in [0.2, 0.25) is 0 Å². The first-order chi connectivity index (χ1) is 15.4. The van der Waals surface area contributed by atoms with E-state index in [2.05, 4.69) is 24.4 Å². The van der Waals surface area contributed by atoms with Crippen LogP contribution in [0, 0.1) is 0 Å². The second-order valence-electron chi connectivity index (χ2n) is 8.76. The Morgan fingerprint density at radius 3 is 2.47 bits per heavy atom. The Bertz CT molecular complexity index is 837. The zero-order valence-corrected chi connectivity index (χ0v) is 20.0. The smallest absolute Gasteiger partial charge is 0.163 e. The zero-order valence-electron chi connectivity index (χ0n) is 20.0. The van der Waals surface area contributed by atoms with E-state index in [1.807, 2.05) is 44.2 Å². The fourth-order valence-corrected chi connectivity index (χ4v) is 3.78. The summed E-state index contributed by atoms with van der Waals surface area (Å²) in [6.07, 6.45) is 3.25. The van der Waals surface area contributed by atoms with Crippen LogP contribution in [-0.4, -0.2) is 45.4 Å². The largest absolute Gasteiger partial charge is 0.497 e. The maximum Gasteiger partial charge on any atom is 0.163 e. The minimum atomic E-state index is -0.509. The maximum absolute atomic E-state index is 5.86. The number of rotatable bonds is 12. The van der Waals surface area contributed by atoms with E-state index in [9.17, 15) is 0 Å². The average Bonchev–Trinajstić information content (AvgIpc) is 3.15. The first kappa shape index (κ1) is 24.4. The van der Waals surface area contributed by atoms with Gasteiger partial charge in [-0.05, 0) is 63.8 Å². The number of ether oxygens (including phenoxy) is 5. The van der Waals surface area contributed by atoms with E-state index in [0.717, 1.165) is 48.6 Å². The van der Waals surface area contributed by atoms with Crippen molar-refractivity contribution in [2.45, 2.75) is 64.5 Å². The molecule has 6 nitrogen and oxygen atoms in total. The van der Waals surface area contributed by atoms with Crippen molar-refractivity contribution in [1.82, 2.24) is 5.32 Å². The van der Waals surface area contributed by atoms with E-state index >= 15 is 0 Å². The molecular formula is C26H37NO5. The Balaban J connectivity index is 1.35. The van der Waals surface area contributed by atoms with Crippen molar-refractivity contribution in [2.75, 3.05) is 27.4 Å². The van der Waals surface area contributed by atoms with Gasteiger partial charge in [0.15, 0.2) is 5.79 Å².